The summed E-state index contributed by atoms with van der Waals surface area (Å²) in [5.74, 6) is 1.03. The average Bonchev–Trinajstić information content (AvgIpc) is 2.69. The van der Waals surface area contributed by atoms with Crippen molar-refractivity contribution >= 4 is 11.4 Å². The SMILES string of the molecule is Nc1oc(-c2ccccc2)[n+]2ncccc12.[Cl-]. The fraction of sp³-hybridized carbons (Fsp3) is 0. The van der Waals surface area contributed by atoms with Gasteiger partial charge in [0.2, 0.25) is 0 Å². The Morgan fingerprint density at radius 3 is 2.59 bits per heavy atom. The zero-order chi connectivity index (χ0) is 11.0. The summed E-state index contributed by atoms with van der Waals surface area (Å²) in [5, 5.41) is 4.22. The number of nitrogens with zero attached hydrogens (tertiary/aromatic N) is 2. The van der Waals surface area contributed by atoms with E-state index in [-0.39, 0.29) is 12.4 Å². The molecule has 5 heteroatoms. The van der Waals surface area contributed by atoms with Gasteiger partial charge in [-0.25, -0.2) is 0 Å². The molecule has 0 aliphatic heterocycles. The number of fused-ring (bicyclic) bond motifs is 1. The first-order chi connectivity index (χ1) is 7.86. The molecule has 0 atom stereocenters. The molecule has 0 saturated carbocycles. The fourth-order valence-electron chi connectivity index (χ4n) is 1.68. The van der Waals surface area contributed by atoms with E-state index in [0.29, 0.717) is 11.8 Å². The predicted octanol–water partition coefficient (Wildman–Crippen LogP) is -1.33. The van der Waals surface area contributed by atoms with Gasteiger partial charge in [-0.1, -0.05) is 18.2 Å². The summed E-state index contributed by atoms with van der Waals surface area (Å²) in [6.45, 7) is 0. The van der Waals surface area contributed by atoms with Crippen molar-refractivity contribution in [2.24, 2.45) is 0 Å². The Kier molecular flexibility index (Phi) is 2.97. The van der Waals surface area contributed by atoms with Crippen LogP contribution in [0.2, 0.25) is 0 Å². The average molecular weight is 248 g/mol. The molecule has 17 heavy (non-hydrogen) atoms. The summed E-state index contributed by atoms with van der Waals surface area (Å²) in [4.78, 5) is 0. The summed E-state index contributed by atoms with van der Waals surface area (Å²) < 4.78 is 7.23. The third-order valence-electron chi connectivity index (χ3n) is 2.42. The molecule has 86 valence electrons. The number of benzene rings is 1. The van der Waals surface area contributed by atoms with E-state index in [9.17, 15) is 0 Å². The second-order valence-electron chi connectivity index (χ2n) is 3.46. The molecule has 0 bridgehead atoms. The van der Waals surface area contributed by atoms with E-state index in [0.717, 1.165) is 11.1 Å². The van der Waals surface area contributed by atoms with Gasteiger partial charge >= 0.3 is 11.4 Å². The van der Waals surface area contributed by atoms with Crippen LogP contribution in [0.3, 0.4) is 0 Å². The third kappa shape index (κ3) is 1.83. The molecule has 3 aromatic rings. The van der Waals surface area contributed by atoms with Crippen LogP contribution in [0, 0.1) is 0 Å². The van der Waals surface area contributed by atoms with E-state index < -0.39 is 0 Å². The molecule has 3 rings (SSSR count). The van der Waals surface area contributed by atoms with Crippen LogP contribution in [-0.2, 0) is 0 Å². The van der Waals surface area contributed by atoms with Crippen LogP contribution >= 0.6 is 0 Å². The molecule has 2 aromatic heterocycles. The van der Waals surface area contributed by atoms with Gasteiger partial charge in [0.15, 0.2) is 0 Å². The monoisotopic (exact) mass is 247 g/mol. The first kappa shape index (κ1) is 11.4. The highest BCUT2D eigenvalue weighted by molar-refractivity contribution is 5.62. The van der Waals surface area contributed by atoms with Gasteiger partial charge in [-0.15, -0.1) is 0 Å². The van der Waals surface area contributed by atoms with E-state index in [1.54, 1.807) is 10.7 Å². The van der Waals surface area contributed by atoms with Crippen LogP contribution in [0.5, 0.6) is 0 Å². The Labute approximate surface area is 104 Å². The molecule has 0 spiro atoms. The molecular formula is C12H10ClN3O. The zero-order valence-corrected chi connectivity index (χ0v) is 9.63. The van der Waals surface area contributed by atoms with Crippen molar-refractivity contribution < 1.29 is 21.3 Å². The van der Waals surface area contributed by atoms with Crippen LogP contribution in [0.1, 0.15) is 0 Å². The predicted molar refractivity (Wildman–Crippen MR) is 59.5 cm³/mol. The molecule has 0 aliphatic carbocycles. The largest absolute Gasteiger partial charge is 1.00 e. The lowest BCUT2D eigenvalue weighted by Gasteiger charge is -1.88. The number of hydrogen-bond donors (Lipinski definition) is 1. The van der Waals surface area contributed by atoms with Crippen molar-refractivity contribution in [3.8, 4) is 11.5 Å². The Morgan fingerprint density at radius 1 is 1.06 bits per heavy atom. The van der Waals surface area contributed by atoms with E-state index in [1.165, 1.54) is 0 Å². The number of rotatable bonds is 1. The summed E-state index contributed by atoms with van der Waals surface area (Å²) in [6.07, 6.45) is 1.70. The number of anilines is 1. The van der Waals surface area contributed by atoms with Crippen LogP contribution in [0.15, 0.2) is 53.1 Å². The van der Waals surface area contributed by atoms with Gasteiger partial charge in [-0.2, -0.15) is 0 Å². The van der Waals surface area contributed by atoms with Gasteiger partial charge in [-0.3, -0.25) is 0 Å². The summed E-state index contributed by atoms with van der Waals surface area (Å²) in [5.41, 5.74) is 7.52. The zero-order valence-electron chi connectivity index (χ0n) is 8.88. The summed E-state index contributed by atoms with van der Waals surface area (Å²) >= 11 is 0. The smallest absolute Gasteiger partial charge is 0.414 e. The molecule has 0 aliphatic rings. The number of hydrogen-bond acceptors (Lipinski definition) is 3. The Morgan fingerprint density at radius 2 is 1.82 bits per heavy atom. The molecule has 2 N–H and O–H groups in total. The minimum atomic E-state index is 0. The molecule has 0 unspecified atom stereocenters. The minimum Gasteiger partial charge on any atom is -1.00 e. The molecule has 4 nitrogen and oxygen atoms in total. The lowest BCUT2D eigenvalue weighted by Crippen LogP contribution is -3.00. The maximum Gasteiger partial charge on any atom is 0.414 e. The molecule has 0 radical (unpaired) electrons. The van der Waals surface area contributed by atoms with Gasteiger partial charge in [0, 0.05) is 11.2 Å². The Hall–Kier alpha value is -2.07. The topological polar surface area (TPSA) is 56.1 Å². The highest BCUT2D eigenvalue weighted by Crippen LogP contribution is 2.21. The van der Waals surface area contributed by atoms with Crippen LogP contribution in [-0.4, -0.2) is 5.10 Å². The Bertz CT molecular complexity index is 637. The maximum atomic E-state index is 5.79. The lowest BCUT2D eigenvalue weighted by molar-refractivity contribution is -0.573. The third-order valence-corrected chi connectivity index (χ3v) is 2.42. The molecule has 2 heterocycles. The van der Waals surface area contributed by atoms with E-state index in [4.69, 9.17) is 10.2 Å². The molecule has 0 amide bonds. The highest BCUT2D eigenvalue weighted by atomic mass is 35.5. The van der Waals surface area contributed by atoms with E-state index in [1.807, 2.05) is 42.5 Å². The van der Waals surface area contributed by atoms with Gasteiger partial charge in [0.1, 0.15) is 0 Å². The van der Waals surface area contributed by atoms with Crippen molar-refractivity contribution in [1.29, 1.82) is 0 Å². The Balaban J connectivity index is 0.00000108. The van der Waals surface area contributed by atoms with Crippen LogP contribution < -0.4 is 22.7 Å². The fourth-order valence-corrected chi connectivity index (χ4v) is 1.68. The van der Waals surface area contributed by atoms with Gasteiger partial charge in [0.05, 0.1) is 11.8 Å². The standard InChI is InChI=1S/C12H10N3O.ClH/c13-11-10-7-4-8-14-15(10)12(16-11)9-5-2-1-3-6-9;/h1-8H,13H2;1H/q+1;/p-1. The quantitative estimate of drug-likeness (QED) is 0.542. The second kappa shape index (κ2) is 4.43. The molecule has 0 fully saturated rings. The number of nitrogen functional groups attached to an aromatic ring is 1. The van der Waals surface area contributed by atoms with Crippen molar-refractivity contribution in [2.45, 2.75) is 0 Å². The van der Waals surface area contributed by atoms with Crippen LogP contribution in [0.4, 0.5) is 5.88 Å². The van der Waals surface area contributed by atoms with Gasteiger partial charge in [-0.05, 0) is 22.7 Å². The summed E-state index contributed by atoms with van der Waals surface area (Å²) in [7, 11) is 0. The number of aromatic nitrogens is 2. The van der Waals surface area contributed by atoms with E-state index >= 15 is 0 Å². The van der Waals surface area contributed by atoms with Gasteiger partial charge < -0.3 is 22.6 Å². The van der Waals surface area contributed by atoms with Gasteiger partial charge in [0.25, 0.3) is 5.88 Å². The number of oxazole rings is 1. The maximum absolute atomic E-state index is 5.79. The minimum absolute atomic E-state index is 0. The first-order valence-corrected chi connectivity index (χ1v) is 4.97. The number of halogens is 1. The molecule has 1 aromatic carbocycles. The lowest BCUT2D eigenvalue weighted by atomic mass is 10.2. The second-order valence-corrected chi connectivity index (χ2v) is 3.46. The van der Waals surface area contributed by atoms with Crippen molar-refractivity contribution in [2.75, 3.05) is 5.73 Å². The summed E-state index contributed by atoms with van der Waals surface area (Å²) in [6, 6.07) is 13.5. The van der Waals surface area contributed by atoms with Crippen molar-refractivity contribution in [3.05, 3.63) is 48.7 Å². The molecular weight excluding hydrogens is 238 g/mol. The van der Waals surface area contributed by atoms with E-state index in [2.05, 4.69) is 5.10 Å². The van der Waals surface area contributed by atoms with Crippen molar-refractivity contribution in [1.82, 2.24) is 5.10 Å². The van der Waals surface area contributed by atoms with Crippen molar-refractivity contribution in [3.63, 3.8) is 0 Å². The normalized spacial score (nSPS) is 10.1. The van der Waals surface area contributed by atoms with Crippen LogP contribution in [0.25, 0.3) is 17.0 Å². The number of nitrogens with two attached hydrogens (primary N) is 1. The first-order valence-electron chi connectivity index (χ1n) is 4.97. The highest BCUT2D eigenvalue weighted by Gasteiger charge is 2.22. The molecule has 0 saturated heterocycles.